The van der Waals surface area contributed by atoms with E-state index >= 15 is 0 Å². The third-order valence-corrected chi connectivity index (χ3v) is 6.73. The standard InChI is InChI=1S/C31H39N5O3/c1-8-24(16-19(3)22(6)37)21(5)34-23(7)35-28-11-10-25(17-27(28)32)26(9-2)31-20(4)29(38)18-30(39-31)36-14-12-33-13-15-36/h8-11,16-18,33,35H,7,12-15,32H2,1-6H3/b19-16+,24-8-,26-9-,34-21-. The number of benzene rings is 1. The zero-order valence-corrected chi connectivity index (χ0v) is 23.8. The lowest BCUT2D eigenvalue weighted by atomic mass is 9.99. The summed E-state index contributed by atoms with van der Waals surface area (Å²) in [5.74, 6) is 1.54. The van der Waals surface area contributed by atoms with Crippen LogP contribution < -0.4 is 26.7 Å². The molecule has 4 N–H and O–H groups in total. The first-order chi connectivity index (χ1) is 18.5. The van der Waals surface area contributed by atoms with Gasteiger partial charge in [-0.2, -0.15) is 0 Å². The van der Waals surface area contributed by atoms with Gasteiger partial charge in [-0.25, -0.2) is 4.99 Å². The van der Waals surface area contributed by atoms with E-state index in [0.29, 0.717) is 40.0 Å². The largest absolute Gasteiger partial charge is 0.440 e. The van der Waals surface area contributed by atoms with Crippen LogP contribution in [0.3, 0.4) is 0 Å². The van der Waals surface area contributed by atoms with Crippen molar-refractivity contribution >= 4 is 34.3 Å². The number of rotatable bonds is 9. The SMILES string of the molecule is C=C(\N=C(C)/C(=C\C)/C=C(\C)C(C)=O)Nc1ccc(/C(=C/C)c2oc(N3CCNCC3)cc(=O)c2C)cc1N. The Labute approximate surface area is 230 Å². The maximum Gasteiger partial charge on any atom is 0.200 e. The molecule has 1 saturated heterocycles. The molecular formula is C31H39N5O3. The van der Waals surface area contributed by atoms with E-state index < -0.39 is 0 Å². The molecule has 0 unspecified atom stereocenters. The van der Waals surface area contributed by atoms with Gasteiger partial charge in [0, 0.05) is 49.1 Å². The number of anilines is 3. The maximum absolute atomic E-state index is 12.8. The predicted molar refractivity (Wildman–Crippen MR) is 162 cm³/mol. The fourth-order valence-corrected chi connectivity index (χ4v) is 4.30. The molecule has 0 radical (unpaired) electrons. The van der Waals surface area contributed by atoms with E-state index in [4.69, 9.17) is 10.2 Å². The van der Waals surface area contributed by atoms with Crippen LogP contribution in [-0.2, 0) is 4.79 Å². The van der Waals surface area contributed by atoms with Gasteiger partial charge in [-0.3, -0.25) is 9.59 Å². The van der Waals surface area contributed by atoms with E-state index in [1.165, 1.54) is 6.92 Å². The Kier molecular flexibility index (Phi) is 9.84. The summed E-state index contributed by atoms with van der Waals surface area (Å²) in [6.07, 6.45) is 5.64. The molecule has 1 fully saturated rings. The minimum Gasteiger partial charge on any atom is -0.440 e. The molecule has 1 aliphatic rings. The molecular weight excluding hydrogens is 490 g/mol. The molecule has 206 valence electrons. The number of nitrogens with one attached hydrogen (secondary N) is 2. The summed E-state index contributed by atoms with van der Waals surface area (Å²) in [5.41, 5.74) is 11.9. The lowest BCUT2D eigenvalue weighted by Gasteiger charge is -2.28. The Morgan fingerprint density at radius 2 is 1.85 bits per heavy atom. The molecule has 2 aromatic rings. The summed E-state index contributed by atoms with van der Waals surface area (Å²) in [6.45, 7) is 18.0. The molecule has 8 nitrogen and oxygen atoms in total. The Bertz CT molecular complexity index is 1440. The van der Waals surface area contributed by atoms with Gasteiger partial charge in [0.1, 0.15) is 11.6 Å². The summed E-state index contributed by atoms with van der Waals surface area (Å²) >= 11 is 0. The van der Waals surface area contributed by atoms with Crippen molar-refractivity contribution in [1.82, 2.24) is 5.32 Å². The van der Waals surface area contributed by atoms with Crippen molar-refractivity contribution in [1.29, 1.82) is 0 Å². The van der Waals surface area contributed by atoms with Gasteiger partial charge in [-0.1, -0.05) is 24.8 Å². The highest BCUT2D eigenvalue weighted by atomic mass is 16.4. The Morgan fingerprint density at radius 3 is 2.44 bits per heavy atom. The van der Waals surface area contributed by atoms with Crippen LogP contribution in [0, 0.1) is 6.92 Å². The van der Waals surface area contributed by atoms with Crippen LogP contribution in [0.25, 0.3) is 5.57 Å². The summed E-state index contributed by atoms with van der Waals surface area (Å²) < 4.78 is 6.30. The number of aliphatic imine (C=N–C) groups is 1. The highest BCUT2D eigenvalue weighted by molar-refractivity contribution is 6.04. The zero-order chi connectivity index (χ0) is 28.7. The first-order valence-electron chi connectivity index (χ1n) is 13.1. The molecule has 0 bridgehead atoms. The van der Waals surface area contributed by atoms with E-state index in [0.717, 1.165) is 48.6 Å². The molecule has 3 rings (SSSR count). The predicted octanol–water partition coefficient (Wildman–Crippen LogP) is 5.22. The number of hydrogen-bond acceptors (Lipinski definition) is 8. The maximum atomic E-state index is 12.8. The Balaban J connectivity index is 1.86. The second kappa shape index (κ2) is 13.1. The molecule has 1 aromatic carbocycles. The number of ketones is 1. The van der Waals surface area contributed by atoms with E-state index in [1.54, 1.807) is 19.9 Å². The van der Waals surface area contributed by atoms with Gasteiger partial charge in [0.2, 0.25) is 0 Å². The van der Waals surface area contributed by atoms with Gasteiger partial charge in [-0.05, 0) is 76.5 Å². The molecule has 0 spiro atoms. The molecule has 0 aliphatic carbocycles. The topological polar surface area (TPSA) is 113 Å². The highest BCUT2D eigenvalue weighted by Crippen LogP contribution is 2.32. The summed E-state index contributed by atoms with van der Waals surface area (Å²) in [6, 6.07) is 7.19. The van der Waals surface area contributed by atoms with E-state index in [-0.39, 0.29) is 11.2 Å². The van der Waals surface area contributed by atoms with Gasteiger partial charge in [0.05, 0.1) is 11.4 Å². The number of nitrogen functional groups attached to an aromatic ring is 1. The Hall–Kier alpha value is -4.17. The van der Waals surface area contributed by atoms with Crippen LogP contribution in [0.2, 0.25) is 0 Å². The lowest BCUT2D eigenvalue weighted by molar-refractivity contribution is -0.113. The molecule has 0 saturated carbocycles. The van der Waals surface area contributed by atoms with Crippen LogP contribution in [0.15, 0.2) is 80.2 Å². The molecule has 0 atom stereocenters. The van der Waals surface area contributed by atoms with E-state index in [2.05, 4.69) is 27.1 Å². The highest BCUT2D eigenvalue weighted by Gasteiger charge is 2.19. The minimum atomic E-state index is -0.0613. The molecule has 0 amide bonds. The monoisotopic (exact) mass is 529 g/mol. The van der Waals surface area contributed by atoms with Crippen LogP contribution in [0.5, 0.6) is 0 Å². The van der Waals surface area contributed by atoms with E-state index in [1.807, 2.05) is 57.2 Å². The number of carbonyl (C=O) groups is 1. The van der Waals surface area contributed by atoms with E-state index in [9.17, 15) is 9.59 Å². The summed E-state index contributed by atoms with van der Waals surface area (Å²) in [7, 11) is 0. The molecule has 8 heteroatoms. The fraction of sp³-hybridized carbons (Fsp3) is 0.323. The van der Waals surface area contributed by atoms with Gasteiger partial charge in [0.15, 0.2) is 17.1 Å². The number of allylic oxidation sites excluding steroid dienone is 5. The fourth-order valence-electron chi connectivity index (χ4n) is 4.30. The van der Waals surface area contributed by atoms with Gasteiger partial charge < -0.3 is 25.7 Å². The summed E-state index contributed by atoms with van der Waals surface area (Å²) in [4.78, 5) is 31.1. The average Bonchev–Trinajstić information content (AvgIpc) is 2.91. The number of Topliss-reactive ketones (excluding diaryl/α,β-unsaturated/α-hetero) is 1. The van der Waals surface area contributed by atoms with Crippen molar-refractivity contribution in [3.63, 3.8) is 0 Å². The number of carbonyl (C=O) groups excluding carboxylic acids is 1. The smallest absolute Gasteiger partial charge is 0.200 e. The quantitative estimate of drug-likeness (QED) is 0.177. The first-order valence-corrected chi connectivity index (χ1v) is 13.1. The molecule has 1 aliphatic heterocycles. The minimum absolute atomic E-state index is 0.0115. The number of piperazine rings is 1. The van der Waals surface area contributed by atoms with Crippen LogP contribution in [0.1, 0.15) is 51.5 Å². The molecule has 1 aromatic heterocycles. The van der Waals surface area contributed by atoms with Crippen LogP contribution in [0.4, 0.5) is 17.3 Å². The van der Waals surface area contributed by atoms with Crippen molar-refractivity contribution in [2.24, 2.45) is 4.99 Å². The van der Waals surface area contributed by atoms with Gasteiger partial charge >= 0.3 is 0 Å². The molecule has 2 heterocycles. The van der Waals surface area contributed by atoms with Crippen molar-refractivity contribution in [2.45, 2.75) is 41.5 Å². The van der Waals surface area contributed by atoms with Crippen molar-refractivity contribution in [3.8, 4) is 0 Å². The number of nitrogens with zero attached hydrogens (tertiary/aromatic N) is 2. The van der Waals surface area contributed by atoms with Gasteiger partial charge in [0.25, 0.3) is 0 Å². The third kappa shape index (κ3) is 7.23. The van der Waals surface area contributed by atoms with Crippen LogP contribution in [-0.4, -0.2) is 37.7 Å². The lowest BCUT2D eigenvalue weighted by Crippen LogP contribution is -2.43. The van der Waals surface area contributed by atoms with Crippen molar-refractivity contribution in [3.05, 3.63) is 93.2 Å². The number of hydrogen-bond donors (Lipinski definition) is 3. The van der Waals surface area contributed by atoms with Crippen molar-refractivity contribution < 1.29 is 9.21 Å². The third-order valence-electron chi connectivity index (χ3n) is 6.73. The number of nitrogens with two attached hydrogens (primary N) is 1. The normalized spacial score (nSPS) is 15.4. The first kappa shape index (κ1) is 29.4. The molecule has 39 heavy (non-hydrogen) atoms. The van der Waals surface area contributed by atoms with Gasteiger partial charge in [-0.15, -0.1) is 0 Å². The van der Waals surface area contributed by atoms with Crippen molar-refractivity contribution in [2.75, 3.05) is 42.1 Å². The Morgan fingerprint density at radius 1 is 1.15 bits per heavy atom. The summed E-state index contributed by atoms with van der Waals surface area (Å²) in [5, 5.41) is 6.48. The zero-order valence-electron chi connectivity index (χ0n) is 23.8. The van der Waals surface area contributed by atoms with Crippen LogP contribution >= 0.6 is 0 Å². The average molecular weight is 530 g/mol. The second-order valence-corrected chi connectivity index (χ2v) is 9.54. The second-order valence-electron chi connectivity index (χ2n) is 9.54.